The number of piperidine rings is 1. The topological polar surface area (TPSA) is 75.6 Å². The highest BCUT2D eigenvalue weighted by molar-refractivity contribution is 5.85. The van der Waals surface area contributed by atoms with Crippen molar-refractivity contribution in [2.24, 2.45) is 5.92 Å². The summed E-state index contributed by atoms with van der Waals surface area (Å²) in [7, 11) is 0. The van der Waals surface area contributed by atoms with E-state index < -0.39 is 0 Å². The Morgan fingerprint density at radius 2 is 2.13 bits per heavy atom. The number of nitrogens with zero attached hydrogens (tertiary/aromatic N) is 2. The van der Waals surface area contributed by atoms with E-state index in [1.54, 1.807) is 0 Å². The zero-order chi connectivity index (χ0) is 20.9. The van der Waals surface area contributed by atoms with Crippen LogP contribution in [-0.2, 0) is 16.1 Å². The van der Waals surface area contributed by atoms with Crippen LogP contribution in [0.2, 0.25) is 0 Å². The SMILES string of the molecule is CCN1Cc2cc(OCCCC(=O)NCC3CCCCC3)cn2C2NCCC(=O)C21. The Balaban J connectivity index is 1.24. The van der Waals surface area contributed by atoms with E-state index in [1.165, 1.54) is 37.8 Å². The second-order valence-electron chi connectivity index (χ2n) is 8.96. The van der Waals surface area contributed by atoms with Crippen LogP contribution in [0.25, 0.3) is 0 Å². The minimum Gasteiger partial charge on any atom is -0.492 e. The van der Waals surface area contributed by atoms with Gasteiger partial charge in [-0.15, -0.1) is 0 Å². The first-order chi connectivity index (χ1) is 14.7. The summed E-state index contributed by atoms with van der Waals surface area (Å²) in [5.74, 6) is 1.94. The van der Waals surface area contributed by atoms with Gasteiger partial charge in [-0.1, -0.05) is 26.2 Å². The molecule has 0 radical (unpaired) electrons. The maximum absolute atomic E-state index is 12.5. The maximum atomic E-state index is 12.5. The number of likely N-dealkylation sites (N-methyl/N-ethyl adjacent to an activating group) is 1. The largest absolute Gasteiger partial charge is 0.492 e. The Kier molecular flexibility index (Phi) is 7.10. The van der Waals surface area contributed by atoms with E-state index in [-0.39, 0.29) is 18.1 Å². The minimum atomic E-state index is -0.0932. The number of aromatic nitrogens is 1. The van der Waals surface area contributed by atoms with Crippen molar-refractivity contribution in [1.82, 2.24) is 20.1 Å². The fourth-order valence-electron chi connectivity index (χ4n) is 5.17. The van der Waals surface area contributed by atoms with Crippen LogP contribution in [0.1, 0.15) is 70.2 Å². The summed E-state index contributed by atoms with van der Waals surface area (Å²) in [5, 5.41) is 6.59. The van der Waals surface area contributed by atoms with Crippen molar-refractivity contribution < 1.29 is 14.3 Å². The molecule has 1 saturated heterocycles. The second kappa shape index (κ2) is 9.96. The molecule has 1 amide bonds. The van der Waals surface area contributed by atoms with Crippen LogP contribution in [0.4, 0.5) is 0 Å². The van der Waals surface area contributed by atoms with E-state index in [4.69, 9.17) is 4.74 Å². The second-order valence-corrected chi connectivity index (χ2v) is 8.96. The highest BCUT2D eigenvalue weighted by Gasteiger charge is 2.41. The van der Waals surface area contributed by atoms with Gasteiger partial charge >= 0.3 is 0 Å². The molecule has 7 heteroatoms. The van der Waals surface area contributed by atoms with Crippen molar-refractivity contribution in [3.05, 3.63) is 18.0 Å². The summed E-state index contributed by atoms with van der Waals surface area (Å²) in [4.78, 5) is 26.8. The molecule has 0 spiro atoms. The molecule has 30 heavy (non-hydrogen) atoms. The average Bonchev–Trinajstić information content (AvgIpc) is 3.18. The zero-order valence-corrected chi connectivity index (χ0v) is 18.2. The van der Waals surface area contributed by atoms with Gasteiger partial charge < -0.3 is 14.6 Å². The molecule has 2 aliphatic heterocycles. The number of fused-ring (bicyclic) bond motifs is 3. The molecule has 7 nitrogen and oxygen atoms in total. The first-order valence-electron chi connectivity index (χ1n) is 11.8. The van der Waals surface area contributed by atoms with Gasteiger partial charge in [-0.05, 0) is 31.7 Å². The number of hydrogen-bond acceptors (Lipinski definition) is 5. The molecular weight excluding hydrogens is 380 g/mol. The number of Topliss-reactive ketones (excluding diaryl/α,β-unsaturated/α-hetero) is 1. The third-order valence-electron chi connectivity index (χ3n) is 6.85. The van der Waals surface area contributed by atoms with Crippen LogP contribution in [-0.4, -0.2) is 53.4 Å². The molecule has 0 bridgehead atoms. The summed E-state index contributed by atoms with van der Waals surface area (Å²) in [6, 6.07) is 1.98. The van der Waals surface area contributed by atoms with Crippen LogP contribution in [0.3, 0.4) is 0 Å². The van der Waals surface area contributed by atoms with Crippen molar-refractivity contribution in [3.63, 3.8) is 0 Å². The molecule has 166 valence electrons. The molecule has 2 fully saturated rings. The zero-order valence-electron chi connectivity index (χ0n) is 18.2. The Bertz CT molecular complexity index is 741. The van der Waals surface area contributed by atoms with Gasteiger partial charge in [0, 0.05) is 50.4 Å². The standard InChI is InChI=1S/C23H36N4O3/c1-2-26-15-18-13-19(16-27(18)23-22(26)20(28)10-11-24-23)30-12-6-9-21(29)25-14-17-7-4-3-5-8-17/h13,16-17,22-24H,2-12,14-15H2,1H3,(H,25,29). The van der Waals surface area contributed by atoms with Crippen molar-refractivity contribution >= 4 is 11.7 Å². The monoisotopic (exact) mass is 416 g/mol. The van der Waals surface area contributed by atoms with Gasteiger partial charge in [0.2, 0.25) is 5.91 Å². The van der Waals surface area contributed by atoms with Crippen molar-refractivity contribution in [2.75, 3.05) is 26.2 Å². The molecule has 1 saturated carbocycles. The van der Waals surface area contributed by atoms with Gasteiger partial charge in [-0.25, -0.2) is 0 Å². The number of carbonyl (C=O) groups excluding carboxylic acids is 2. The third-order valence-corrected chi connectivity index (χ3v) is 6.85. The smallest absolute Gasteiger partial charge is 0.220 e. The molecule has 2 unspecified atom stereocenters. The predicted molar refractivity (Wildman–Crippen MR) is 115 cm³/mol. The Hall–Kier alpha value is -1.86. The van der Waals surface area contributed by atoms with Gasteiger partial charge in [-0.2, -0.15) is 0 Å². The number of amides is 1. The Morgan fingerprint density at radius 1 is 1.30 bits per heavy atom. The Morgan fingerprint density at radius 3 is 2.93 bits per heavy atom. The van der Waals surface area contributed by atoms with Crippen LogP contribution in [0, 0.1) is 5.92 Å². The van der Waals surface area contributed by atoms with Gasteiger partial charge in [-0.3, -0.25) is 19.8 Å². The highest BCUT2D eigenvalue weighted by Crippen LogP contribution is 2.32. The van der Waals surface area contributed by atoms with Crippen LogP contribution >= 0.6 is 0 Å². The molecule has 1 aromatic heterocycles. The summed E-state index contributed by atoms with van der Waals surface area (Å²) >= 11 is 0. The molecule has 3 aliphatic rings. The van der Waals surface area contributed by atoms with E-state index in [0.717, 1.165) is 31.9 Å². The minimum absolute atomic E-state index is 0.0159. The summed E-state index contributed by atoms with van der Waals surface area (Å²) in [6.07, 6.45) is 10.3. The lowest BCUT2D eigenvalue weighted by Crippen LogP contribution is -2.58. The molecular formula is C23H36N4O3. The van der Waals surface area contributed by atoms with Gasteiger partial charge in [0.25, 0.3) is 0 Å². The fourth-order valence-corrected chi connectivity index (χ4v) is 5.17. The van der Waals surface area contributed by atoms with E-state index in [0.29, 0.717) is 37.6 Å². The number of rotatable bonds is 8. The van der Waals surface area contributed by atoms with E-state index >= 15 is 0 Å². The number of hydrogen-bond donors (Lipinski definition) is 2. The first kappa shape index (κ1) is 21.4. The molecule has 2 atom stereocenters. The number of carbonyl (C=O) groups is 2. The predicted octanol–water partition coefficient (Wildman–Crippen LogP) is 2.61. The molecule has 1 aliphatic carbocycles. The molecule has 0 aromatic carbocycles. The number of ether oxygens (including phenoxy) is 1. The first-order valence-corrected chi connectivity index (χ1v) is 11.8. The summed E-state index contributed by atoms with van der Waals surface area (Å²) < 4.78 is 8.11. The molecule has 3 heterocycles. The van der Waals surface area contributed by atoms with Crippen molar-refractivity contribution in [2.45, 2.75) is 77.0 Å². The van der Waals surface area contributed by atoms with E-state index in [9.17, 15) is 9.59 Å². The number of ketones is 1. The highest BCUT2D eigenvalue weighted by atomic mass is 16.5. The van der Waals surface area contributed by atoms with E-state index in [1.807, 2.05) is 6.20 Å². The maximum Gasteiger partial charge on any atom is 0.220 e. The number of nitrogens with one attached hydrogen (secondary N) is 2. The van der Waals surface area contributed by atoms with Gasteiger partial charge in [0.15, 0.2) is 5.78 Å². The van der Waals surface area contributed by atoms with E-state index in [2.05, 4.69) is 33.1 Å². The lowest BCUT2D eigenvalue weighted by atomic mass is 9.89. The normalized spacial score (nSPS) is 24.9. The molecule has 4 rings (SSSR count). The van der Waals surface area contributed by atoms with Crippen LogP contribution in [0.5, 0.6) is 5.75 Å². The van der Waals surface area contributed by atoms with Gasteiger partial charge in [0.1, 0.15) is 18.0 Å². The van der Waals surface area contributed by atoms with Crippen molar-refractivity contribution in [1.29, 1.82) is 0 Å². The van der Waals surface area contributed by atoms with Crippen molar-refractivity contribution in [3.8, 4) is 5.75 Å². The lowest BCUT2D eigenvalue weighted by molar-refractivity contribution is -0.130. The molecule has 1 aromatic rings. The quantitative estimate of drug-likeness (QED) is 0.637. The fraction of sp³-hybridized carbons (Fsp3) is 0.739. The van der Waals surface area contributed by atoms with Crippen LogP contribution in [0.15, 0.2) is 12.3 Å². The molecule has 2 N–H and O–H groups in total. The summed E-state index contributed by atoms with van der Waals surface area (Å²) in [6.45, 7) is 5.80. The van der Waals surface area contributed by atoms with Crippen LogP contribution < -0.4 is 15.4 Å². The third kappa shape index (κ3) is 4.89. The summed E-state index contributed by atoms with van der Waals surface area (Å²) in [5.41, 5.74) is 1.17. The lowest BCUT2D eigenvalue weighted by Gasteiger charge is -2.44. The Labute approximate surface area is 179 Å². The average molecular weight is 417 g/mol. The van der Waals surface area contributed by atoms with Gasteiger partial charge in [0.05, 0.1) is 6.61 Å².